The maximum Gasteiger partial charge on any atom is 0.342 e. The number of anilines is 1. The summed E-state index contributed by atoms with van der Waals surface area (Å²) in [4.78, 5) is 20.9. The van der Waals surface area contributed by atoms with Gasteiger partial charge in [-0.25, -0.2) is 14.5 Å². The van der Waals surface area contributed by atoms with E-state index in [2.05, 4.69) is 20.2 Å². The minimum atomic E-state index is -0.536. The molecule has 0 aliphatic rings. The maximum atomic E-state index is 12.2. The summed E-state index contributed by atoms with van der Waals surface area (Å²) in [6.45, 7) is 3.58. The summed E-state index contributed by atoms with van der Waals surface area (Å²) in [6.07, 6.45) is 0. The van der Waals surface area contributed by atoms with E-state index in [9.17, 15) is 4.79 Å². The molecule has 0 saturated heterocycles. The summed E-state index contributed by atoms with van der Waals surface area (Å²) >= 11 is 13.4. The van der Waals surface area contributed by atoms with E-state index in [-0.39, 0.29) is 29.5 Å². The summed E-state index contributed by atoms with van der Waals surface area (Å²) < 4.78 is 12.0. The molecule has 0 saturated carbocycles. The number of benzene rings is 1. The number of aryl methyl sites for hydroxylation is 1. The molecule has 3 aromatic heterocycles. The van der Waals surface area contributed by atoms with Gasteiger partial charge in [0.15, 0.2) is 5.82 Å². The van der Waals surface area contributed by atoms with Crippen LogP contribution in [0.4, 0.5) is 5.82 Å². The molecule has 0 aliphatic carbocycles. The van der Waals surface area contributed by atoms with Crippen LogP contribution in [0.25, 0.3) is 22.5 Å². The molecule has 3 heterocycles. The van der Waals surface area contributed by atoms with E-state index in [0.29, 0.717) is 43.6 Å². The van der Waals surface area contributed by atoms with Gasteiger partial charge in [0.2, 0.25) is 10.9 Å². The van der Waals surface area contributed by atoms with Crippen molar-refractivity contribution in [3.05, 3.63) is 45.4 Å². The van der Waals surface area contributed by atoms with Gasteiger partial charge in [-0.2, -0.15) is 4.98 Å². The second-order valence-corrected chi connectivity index (χ2v) is 8.33. The Kier molecular flexibility index (Phi) is 6.13. The molecule has 4 rings (SSSR count). The van der Waals surface area contributed by atoms with Crippen molar-refractivity contribution in [3.8, 4) is 11.4 Å². The first-order valence-corrected chi connectivity index (χ1v) is 11.1. The normalized spacial score (nSPS) is 11.2. The first kappa shape index (κ1) is 22.2. The van der Waals surface area contributed by atoms with Crippen molar-refractivity contribution >= 4 is 57.9 Å². The molecule has 0 atom stereocenters. The average Bonchev–Trinajstić information content (AvgIpc) is 3.26. The summed E-state index contributed by atoms with van der Waals surface area (Å²) in [7, 11) is 0. The number of carbonyl (C=O) groups is 1. The lowest BCUT2D eigenvalue weighted by Gasteiger charge is -2.06. The molecule has 0 radical (unpaired) electrons. The molecule has 0 amide bonds. The quantitative estimate of drug-likeness (QED) is 0.230. The predicted octanol–water partition coefficient (Wildman–Crippen LogP) is 3.86. The van der Waals surface area contributed by atoms with E-state index in [1.165, 1.54) is 16.4 Å². The number of aromatic nitrogens is 5. The van der Waals surface area contributed by atoms with Gasteiger partial charge >= 0.3 is 5.97 Å². The Morgan fingerprint density at radius 3 is 2.78 bits per heavy atom. The minimum absolute atomic E-state index is 0.119. The van der Waals surface area contributed by atoms with Crippen molar-refractivity contribution < 1.29 is 13.9 Å². The highest BCUT2D eigenvalue weighted by molar-refractivity contribution is 7.98. The Labute approximate surface area is 196 Å². The number of hydrogen-bond donors (Lipinski definition) is 2. The number of hydrogen-bond acceptors (Lipinski definition) is 10. The summed E-state index contributed by atoms with van der Waals surface area (Å²) in [5.41, 5.74) is 7.13. The lowest BCUT2D eigenvalue weighted by Crippen LogP contribution is -2.12. The first-order valence-electron chi connectivity index (χ1n) is 9.31. The molecular weight excluding hydrogens is 477 g/mol. The zero-order valence-electron chi connectivity index (χ0n) is 16.9. The summed E-state index contributed by atoms with van der Waals surface area (Å²) in [5, 5.41) is 9.86. The molecule has 0 fully saturated rings. The van der Waals surface area contributed by atoms with Crippen LogP contribution >= 0.6 is 35.0 Å². The van der Waals surface area contributed by atoms with Crippen molar-refractivity contribution in [1.29, 1.82) is 0 Å². The van der Waals surface area contributed by atoms with Gasteiger partial charge in [0, 0.05) is 10.6 Å². The average molecular weight is 494 g/mol. The van der Waals surface area contributed by atoms with E-state index in [0.717, 1.165) is 0 Å². The van der Waals surface area contributed by atoms with Crippen molar-refractivity contribution in [1.82, 2.24) is 24.8 Å². The SMILES string of the molecule is CCOC(=O)c1c(C)oc2nc(CSc3nnc(-c4ccc(Cl)cc4Cl)n3N)nc(N)c12. The van der Waals surface area contributed by atoms with Gasteiger partial charge in [-0.1, -0.05) is 35.0 Å². The van der Waals surface area contributed by atoms with E-state index in [4.69, 9.17) is 43.9 Å². The Morgan fingerprint density at radius 1 is 1.28 bits per heavy atom. The third kappa shape index (κ3) is 4.06. The maximum absolute atomic E-state index is 12.2. The fraction of sp³-hybridized carbons (Fsp3) is 0.211. The van der Waals surface area contributed by atoms with Crippen molar-refractivity contribution in [2.24, 2.45) is 0 Å². The lowest BCUT2D eigenvalue weighted by atomic mass is 10.2. The van der Waals surface area contributed by atoms with Crippen LogP contribution in [0.1, 0.15) is 28.9 Å². The monoisotopic (exact) mass is 493 g/mol. The van der Waals surface area contributed by atoms with E-state index < -0.39 is 5.97 Å². The minimum Gasteiger partial charge on any atom is -0.462 e. The second-order valence-electron chi connectivity index (χ2n) is 6.55. The topological polar surface area (TPSA) is 148 Å². The van der Waals surface area contributed by atoms with Gasteiger partial charge in [-0.15, -0.1) is 10.2 Å². The molecule has 1 aromatic carbocycles. The highest BCUT2D eigenvalue weighted by Crippen LogP contribution is 2.32. The summed E-state index contributed by atoms with van der Waals surface area (Å²) in [6, 6.07) is 5.00. The number of nitrogens with zero attached hydrogens (tertiary/aromatic N) is 5. The third-order valence-corrected chi connectivity index (χ3v) is 5.94. The van der Waals surface area contributed by atoms with Gasteiger partial charge in [-0.3, -0.25) is 0 Å². The number of furan rings is 1. The predicted molar refractivity (Wildman–Crippen MR) is 122 cm³/mol. The lowest BCUT2D eigenvalue weighted by molar-refractivity contribution is 0.0526. The molecule has 13 heteroatoms. The molecular formula is C19H17Cl2N7O3S. The second kappa shape index (κ2) is 8.85. The van der Waals surface area contributed by atoms with Crippen LogP contribution in [-0.2, 0) is 10.5 Å². The van der Waals surface area contributed by atoms with Gasteiger partial charge in [-0.05, 0) is 32.0 Å². The van der Waals surface area contributed by atoms with Crippen LogP contribution < -0.4 is 11.6 Å². The first-order chi connectivity index (χ1) is 15.3. The van der Waals surface area contributed by atoms with Crippen LogP contribution in [0.2, 0.25) is 10.0 Å². The number of fused-ring (bicyclic) bond motifs is 1. The Hall–Kier alpha value is -3.02. The molecule has 32 heavy (non-hydrogen) atoms. The molecule has 0 aliphatic heterocycles. The van der Waals surface area contributed by atoms with Crippen molar-refractivity contribution in [2.75, 3.05) is 18.2 Å². The molecule has 4 aromatic rings. The zero-order chi connectivity index (χ0) is 23.0. The molecule has 4 N–H and O–H groups in total. The highest BCUT2D eigenvalue weighted by Gasteiger charge is 2.24. The number of halogens is 2. The van der Waals surface area contributed by atoms with Crippen LogP contribution in [-0.4, -0.2) is 37.4 Å². The Morgan fingerprint density at radius 2 is 2.06 bits per heavy atom. The Balaban J connectivity index is 1.59. The molecule has 166 valence electrons. The number of esters is 1. The van der Waals surface area contributed by atoms with E-state index in [1.54, 1.807) is 32.0 Å². The van der Waals surface area contributed by atoms with Crippen molar-refractivity contribution in [3.63, 3.8) is 0 Å². The zero-order valence-corrected chi connectivity index (χ0v) is 19.3. The van der Waals surface area contributed by atoms with Crippen LogP contribution in [0, 0.1) is 6.92 Å². The molecule has 10 nitrogen and oxygen atoms in total. The fourth-order valence-electron chi connectivity index (χ4n) is 3.06. The summed E-state index contributed by atoms with van der Waals surface area (Å²) in [5.74, 6) is 7.12. The van der Waals surface area contributed by atoms with Gasteiger partial charge in [0.1, 0.15) is 23.0 Å². The largest absolute Gasteiger partial charge is 0.462 e. The van der Waals surface area contributed by atoms with Crippen LogP contribution in [0.15, 0.2) is 27.8 Å². The standard InChI is InChI=1S/C19H17Cl2N7O3S/c1-3-30-18(29)13-8(2)31-17-14(13)15(22)24-12(25-17)7-32-19-27-26-16(28(19)23)10-5-4-9(20)6-11(10)21/h4-6H,3,7,23H2,1-2H3,(H2,22,24,25). The number of rotatable bonds is 6. The molecule has 0 unspecified atom stereocenters. The fourth-order valence-corrected chi connectivity index (χ4v) is 4.26. The van der Waals surface area contributed by atoms with Crippen LogP contribution in [0.5, 0.6) is 0 Å². The van der Waals surface area contributed by atoms with Crippen LogP contribution in [0.3, 0.4) is 0 Å². The Bertz CT molecular complexity index is 1340. The number of nitrogens with two attached hydrogens (primary N) is 2. The third-order valence-electron chi connectivity index (χ3n) is 4.45. The van der Waals surface area contributed by atoms with E-state index in [1.807, 2.05) is 0 Å². The number of nitrogen functional groups attached to an aromatic ring is 2. The van der Waals surface area contributed by atoms with Crippen molar-refractivity contribution in [2.45, 2.75) is 24.8 Å². The number of thioether (sulfide) groups is 1. The smallest absolute Gasteiger partial charge is 0.342 e. The molecule has 0 bridgehead atoms. The molecule has 0 spiro atoms. The number of ether oxygens (including phenoxy) is 1. The number of carbonyl (C=O) groups excluding carboxylic acids is 1. The van der Waals surface area contributed by atoms with E-state index >= 15 is 0 Å². The van der Waals surface area contributed by atoms with Gasteiger partial charge < -0.3 is 20.7 Å². The highest BCUT2D eigenvalue weighted by atomic mass is 35.5. The van der Waals surface area contributed by atoms with Gasteiger partial charge in [0.25, 0.3) is 0 Å². The van der Waals surface area contributed by atoms with Gasteiger partial charge in [0.05, 0.1) is 22.8 Å².